The second-order valence-electron chi connectivity index (χ2n) is 6.21. The van der Waals surface area contributed by atoms with Gasteiger partial charge in [0.1, 0.15) is 0 Å². The van der Waals surface area contributed by atoms with Gasteiger partial charge in [0.05, 0.1) is 12.0 Å². The van der Waals surface area contributed by atoms with Crippen LogP contribution in [-0.4, -0.2) is 25.1 Å². The van der Waals surface area contributed by atoms with Gasteiger partial charge in [-0.15, -0.1) is 0 Å². The predicted octanol–water partition coefficient (Wildman–Crippen LogP) is 3.39. The molecular weight excluding hydrogens is 262 g/mol. The van der Waals surface area contributed by atoms with Gasteiger partial charge in [-0.05, 0) is 26.7 Å². The smallest absolute Gasteiger partial charge is 0.203 e. The first kappa shape index (κ1) is 14.2. The molecule has 2 aromatic rings. The van der Waals surface area contributed by atoms with Gasteiger partial charge in [-0.3, -0.25) is 0 Å². The summed E-state index contributed by atoms with van der Waals surface area (Å²) in [5.74, 6) is 1.02. The largest absolute Gasteiger partial charge is 0.351 e. The van der Waals surface area contributed by atoms with Crippen molar-refractivity contribution in [2.24, 2.45) is 0 Å². The first-order valence-corrected chi connectivity index (χ1v) is 8.00. The topological polar surface area (TPSA) is 47.7 Å². The van der Waals surface area contributed by atoms with E-state index in [-0.39, 0.29) is 0 Å². The number of nitrogens with one attached hydrogen (secondary N) is 1. The van der Waals surface area contributed by atoms with Crippen LogP contribution < -0.4 is 5.32 Å². The molecule has 1 aliphatic carbocycles. The Labute approximate surface area is 126 Å². The maximum Gasteiger partial charge on any atom is 0.203 e. The third-order valence-corrected chi connectivity index (χ3v) is 4.24. The molecule has 2 heterocycles. The molecule has 0 bridgehead atoms. The quantitative estimate of drug-likeness (QED) is 0.917. The van der Waals surface area contributed by atoms with Gasteiger partial charge in [-0.2, -0.15) is 0 Å². The van der Waals surface area contributed by atoms with Gasteiger partial charge >= 0.3 is 0 Å². The molecule has 114 valence electrons. The van der Waals surface area contributed by atoms with E-state index in [1.54, 1.807) is 0 Å². The summed E-state index contributed by atoms with van der Waals surface area (Å²) in [4.78, 5) is 8.77. The minimum Gasteiger partial charge on any atom is -0.351 e. The number of aromatic nitrogens is 4. The monoisotopic (exact) mass is 287 g/mol. The summed E-state index contributed by atoms with van der Waals surface area (Å²) in [7, 11) is 0. The van der Waals surface area contributed by atoms with Crippen LogP contribution in [0.5, 0.6) is 0 Å². The molecule has 1 unspecified atom stereocenters. The van der Waals surface area contributed by atoms with Crippen LogP contribution in [-0.2, 0) is 6.54 Å². The molecule has 0 saturated heterocycles. The highest BCUT2D eigenvalue weighted by Crippen LogP contribution is 2.31. The molecular formula is C16H25N5. The number of nitrogens with zero attached hydrogens (tertiary/aromatic N) is 4. The van der Waals surface area contributed by atoms with E-state index in [9.17, 15) is 0 Å². The lowest BCUT2D eigenvalue weighted by Crippen LogP contribution is -2.24. The average Bonchev–Trinajstić information content (AvgIpc) is 3.09. The highest BCUT2D eigenvalue weighted by molar-refractivity contribution is 5.31. The summed E-state index contributed by atoms with van der Waals surface area (Å²) in [6.45, 7) is 5.16. The van der Waals surface area contributed by atoms with Gasteiger partial charge in [0, 0.05) is 37.2 Å². The van der Waals surface area contributed by atoms with Crippen molar-refractivity contribution >= 4 is 5.95 Å². The Bertz CT molecular complexity index is 551. The first-order chi connectivity index (χ1) is 10.2. The van der Waals surface area contributed by atoms with Crippen LogP contribution in [0.15, 0.2) is 24.9 Å². The lowest BCUT2D eigenvalue weighted by molar-refractivity contribution is 0.355. The summed E-state index contributed by atoms with van der Waals surface area (Å²) in [6, 6.07) is 0.936. The maximum absolute atomic E-state index is 4.68. The molecule has 5 nitrogen and oxygen atoms in total. The number of aryl methyl sites for hydroxylation is 1. The zero-order valence-electron chi connectivity index (χ0n) is 13.0. The third kappa shape index (κ3) is 3.46. The van der Waals surface area contributed by atoms with E-state index >= 15 is 0 Å². The van der Waals surface area contributed by atoms with E-state index in [1.165, 1.54) is 32.1 Å². The van der Waals surface area contributed by atoms with Crippen molar-refractivity contribution in [1.82, 2.24) is 19.1 Å². The van der Waals surface area contributed by atoms with Crippen molar-refractivity contribution in [2.45, 2.75) is 64.6 Å². The van der Waals surface area contributed by atoms with E-state index in [4.69, 9.17) is 0 Å². The van der Waals surface area contributed by atoms with Crippen LogP contribution in [0.3, 0.4) is 0 Å². The number of hydrogen-bond donors (Lipinski definition) is 1. The molecule has 0 aromatic carbocycles. The van der Waals surface area contributed by atoms with Crippen molar-refractivity contribution in [3.05, 3.63) is 30.6 Å². The second-order valence-corrected chi connectivity index (χ2v) is 6.21. The molecule has 0 aliphatic heterocycles. The summed E-state index contributed by atoms with van der Waals surface area (Å²) < 4.78 is 4.46. The Morgan fingerprint density at radius 1 is 1.33 bits per heavy atom. The fourth-order valence-corrected chi connectivity index (χ4v) is 3.24. The highest BCUT2D eigenvalue weighted by atomic mass is 15.2. The minimum absolute atomic E-state index is 0.323. The van der Waals surface area contributed by atoms with Gasteiger partial charge in [0.25, 0.3) is 0 Å². The van der Waals surface area contributed by atoms with Crippen LogP contribution in [0.1, 0.15) is 50.8 Å². The van der Waals surface area contributed by atoms with Crippen LogP contribution in [0.4, 0.5) is 5.95 Å². The van der Waals surface area contributed by atoms with E-state index in [2.05, 4.69) is 44.5 Å². The van der Waals surface area contributed by atoms with Gasteiger partial charge in [-0.1, -0.05) is 19.3 Å². The molecule has 5 heteroatoms. The Balaban J connectivity index is 1.69. The normalized spacial score (nSPS) is 17.8. The zero-order chi connectivity index (χ0) is 14.7. The van der Waals surface area contributed by atoms with Gasteiger partial charge < -0.3 is 14.5 Å². The van der Waals surface area contributed by atoms with E-state index in [0.717, 1.165) is 18.2 Å². The first-order valence-electron chi connectivity index (χ1n) is 8.00. The molecule has 1 N–H and O–H groups in total. The van der Waals surface area contributed by atoms with Gasteiger partial charge in [0.2, 0.25) is 5.95 Å². The Morgan fingerprint density at radius 3 is 2.86 bits per heavy atom. The summed E-state index contributed by atoms with van der Waals surface area (Å²) in [5, 5.41) is 3.57. The Morgan fingerprint density at radius 2 is 2.14 bits per heavy atom. The molecule has 0 amide bonds. The molecule has 21 heavy (non-hydrogen) atoms. The van der Waals surface area contributed by atoms with Crippen molar-refractivity contribution in [3.63, 3.8) is 0 Å². The summed E-state index contributed by atoms with van der Waals surface area (Å²) >= 11 is 0. The Kier molecular flexibility index (Phi) is 4.27. The van der Waals surface area contributed by atoms with E-state index < -0.39 is 0 Å². The average molecular weight is 287 g/mol. The minimum atomic E-state index is 0.323. The maximum atomic E-state index is 4.68. The number of rotatable bonds is 5. The molecule has 1 fully saturated rings. The van der Waals surface area contributed by atoms with Gasteiger partial charge in [-0.25, -0.2) is 9.97 Å². The van der Waals surface area contributed by atoms with Crippen molar-refractivity contribution in [2.75, 3.05) is 5.32 Å². The molecule has 1 saturated carbocycles. The van der Waals surface area contributed by atoms with Crippen molar-refractivity contribution in [3.8, 4) is 0 Å². The molecule has 2 aromatic heterocycles. The van der Waals surface area contributed by atoms with Crippen molar-refractivity contribution in [1.29, 1.82) is 0 Å². The van der Waals surface area contributed by atoms with Crippen LogP contribution in [0, 0.1) is 6.92 Å². The fourth-order valence-electron chi connectivity index (χ4n) is 3.24. The van der Waals surface area contributed by atoms with Gasteiger partial charge in [0.15, 0.2) is 0 Å². The lowest BCUT2D eigenvalue weighted by atomic mass is 9.95. The third-order valence-electron chi connectivity index (χ3n) is 4.24. The standard InChI is InChI=1S/C16H25N5/c1-13(10-20-9-8-17-12-20)18-16-19-14(2)11-21(16)15-6-4-3-5-7-15/h8-9,11-13,15H,3-7,10H2,1-2H3,(H,18,19). The number of anilines is 1. The molecule has 1 atom stereocenters. The van der Waals surface area contributed by atoms with Crippen molar-refractivity contribution < 1.29 is 0 Å². The molecule has 0 spiro atoms. The zero-order valence-corrected chi connectivity index (χ0v) is 13.0. The molecule has 0 radical (unpaired) electrons. The molecule has 3 rings (SSSR count). The fraction of sp³-hybridized carbons (Fsp3) is 0.625. The lowest BCUT2D eigenvalue weighted by Gasteiger charge is -2.26. The SMILES string of the molecule is Cc1cn(C2CCCCC2)c(NC(C)Cn2ccnc2)n1. The second kappa shape index (κ2) is 6.33. The van der Waals surface area contributed by atoms with E-state index in [1.807, 2.05) is 18.7 Å². The van der Waals surface area contributed by atoms with Crippen LogP contribution in [0.2, 0.25) is 0 Å². The highest BCUT2D eigenvalue weighted by Gasteiger charge is 2.19. The van der Waals surface area contributed by atoms with E-state index in [0.29, 0.717) is 12.1 Å². The van der Waals surface area contributed by atoms with Crippen LogP contribution in [0.25, 0.3) is 0 Å². The summed E-state index contributed by atoms with van der Waals surface area (Å²) in [6.07, 6.45) is 14.5. The summed E-state index contributed by atoms with van der Waals surface area (Å²) in [5.41, 5.74) is 1.10. The van der Waals surface area contributed by atoms with Crippen LogP contribution >= 0.6 is 0 Å². The molecule has 1 aliphatic rings. The number of imidazole rings is 2. The predicted molar refractivity (Wildman–Crippen MR) is 84.4 cm³/mol. The number of hydrogen-bond acceptors (Lipinski definition) is 3. The Hall–Kier alpha value is -1.78.